The number of anilines is 2. The number of rotatable bonds is 4. The van der Waals surface area contributed by atoms with Gasteiger partial charge in [-0.05, 0) is 55.7 Å². The van der Waals surface area contributed by atoms with Crippen LogP contribution < -0.4 is 15.5 Å². The zero-order valence-electron chi connectivity index (χ0n) is 17.1. The maximum atomic E-state index is 12.9. The van der Waals surface area contributed by atoms with Crippen molar-refractivity contribution in [3.8, 4) is 0 Å². The fourth-order valence-electron chi connectivity index (χ4n) is 4.09. The van der Waals surface area contributed by atoms with E-state index < -0.39 is 0 Å². The molecule has 0 unspecified atom stereocenters. The Labute approximate surface area is 176 Å². The minimum Gasteiger partial charge on any atom is -0.339 e. The van der Waals surface area contributed by atoms with E-state index in [1.807, 2.05) is 54.3 Å². The summed E-state index contributed by atoms with van der Waals surface area (Å²) in [6.45, 7) is 4.29. The van der Waals surface area contributed by atoms with Crippen LogP contribution in [0.15, 0.2) is 48.5 Å². The first-order valence-corrected chi connectivity index (χ1v) is 10.3. The highest BCUT2D eigenvalue weighted by atomic mass is 16.2. The first-order valence-electron chi connectivity index (χ1n) is 10.3. The second-order valence-corrected chi connectivity index (χ2v) is 7.81. The Morgan fingerprint density at radius 1 is 1.03 bits per heavy atom. The van der Waals surface area contributed by atoms with E-state index in [0.717, 1.165) is 16.9 Å². The van der Waals surface area contributed by atoms with E-state index in [2.05, 4.69) is 10.6 Å². The van der Waals surface area contributed by atoms with E-state index in [1.165, 1.54) is 0 Å². The van der Waals surface area contributed by atoms with Crippen LogP contribution in [-0.2, 0) is 4.79 Å². The largest absolute Gasteiger partial charge is 0.339 e. The molecule has 4 rings (SSSR count). The summed E-state index contributed by atoms with van der Waals surface area (Å²) in [7, 11) is 0. The van der Waals surface area contributed by atoms with Gasteiger partial charge < -0.3 is 15.5 Å². The van der Waals surface area contributed by atoms with Crippen molar-refractivity contribution < 1.29 is 14.4 Å². The monoisotopic (exact) mass is 406 g/mol. The third kappa shape index (κ3) is 4.15. The van der Waals surface area contributed by atoms with Crippen molar-refractivity contribution in [1.29, 1.82) is 0 Å². The number of para-hydroxylation sites is 1. The third-order valence-corrected chi connectivity index (χ3v) is 5.79. The van der Waals surface area contributed by atoms with Crippen molar-refractivity contribution in [2.24, 2.45) is 5.92 Å². The van der Waals surface area contributed by atoms with Crippen LogP contribution in [0.1, 0.15) is 28.8 Å². The van der Waals surface area contributed by atoms with Gasteiger partial charge in [0.05, 0.1) is 0 Å². The van der Waals surface area contributed by atoms with Crippen molar-refractivity contribution in [3.63, 3.8) is 0 Å². The number of nitrogens with one attached hydrogen (secondary N) is 2. The summed E-state index contributed by atoms with van der Waals surface area (Å²) in [4.78, 5) is 40.9. The number of amides is 4. The average molecular weight is 406 g/mol. The smallest absolute Gasteiger partial charge is 0.322 e. The molecular formula is C23H26N4O3. The van der Waals surface area contributed by atoms with Crippen molar-refractivity contribution in [1.82, 2.24) is 10.2 Å². The molecule has 0 aromatic heterocycles. The van der Waals surface area contributed by atoms with Crippen LogP contribution in [0.3, 0.4) is 0 Å². The van der Waals surface area contributed by atoms with Crippen LogP contribution in [0.5, 0.6) is 0 Å². The Balaban J connectivity index is 1.35. The van der Waals surface area contributed by atoms with Crippen LogP contribution in [0, 0.1) is 12.8 Å². The first kappa shape index (κ1) is 19.9. The van der Waals surface area contributed by atoms with Gasteiger partial charge in [0.2, 0.25) is 5.91 Å². The molecule has 2 aliphatic heterocycles. The number of aryl methyl sites for hydroxylation is 1. The number of likely N-dealkylation sites (tertiary alicyclic amines) is 1. The molecule has 30 heavy (non-hydrogen) atoms. The molecule has 2 heterocycles. The summed E-state index contributed by atoms with van der Waals surface area (Å²) in [5.41, 5.74) is 3.14. The number of carbonyl (C=O) groups is 3. The van der Waals surface area contributed by atoms with Crippen LogP contribution >= 0.6 is 0 Å². The highest BCUT2D eigenvalue weighted by Crippen LogP contribution is 2.25. The van der Waals surface area contributed by atoms with Gasteiger partial charge in [0, 0.05) is 49.0 Å². The Morgan fingerprint density at radius 2 is 1.77 bits per heavy atom. The van der Waals surface area contributed by atoms with Crippen LogP contribution in [0.25, 0.3) is 0 Å². The summed E-state index contributed by atoms with van der Waals surface area (Å²) >= 11 is 0. The fourth-order valence-corrected chi connectivity index (χ4v) is 4.09. The highest BCUT2D eigenvalue weighted by molar-refractivity contribution is 5.98. The van der Waals surface area contributed by atoms with Crippen LogP contribution in [-0.4, -0.2) is 48.9 Å². The summed E-state index contributed by atoms with van der Waals surface area (Å²) in [6.07, 6.45) is 1.30. The fraction of sp³-hybridized carbons (Fsp3) is 0.348. The van der Waals surface area contributed by atoms with Gasteiger partial charge in [-0.2, -0.15) is 0 Å². The molecule has 0 radical (unpaired) electrons. The topological polar surface area (TPSA) is 81.8 Å². The lowest BCUT2D eigenvalue weighted by atomic mass is 9.95. The summed E-state index contributed by atoms with van der Waals surface area (Å²) in [5, 5.41) is 5.74. The van der Waals surface area contributed by atoms with Gasteiger partial charge in [0.25, 0.3) is 5.91 Å². The lowest BCUT2D eigenvalue weighted by Crippen LogP contribution is -2.41. The number of carbonyl (C=O) groups excluding carboxylic acids is 3. The number of nitrogens with zero attached hydrogens (tertiary/aromatic N) is 2. The second kappa shape index (κ2) is 8.57. The summed E-state index contributed by atoms with van der Waals surface area (Å²) in [5.74, 6) is -0.109. The molecule has 2 aromatic carbocycles. The molecular weight excluding hydrogens is 380 g/mol. The molecule has 0 saturated carbocycles. The molecule has 2 fully saturated rings. The quantitative estimate of drug-likeness (QED) is 0.819. The average Bonchev–Trinajstić information content (AvgIpc) is 3.19. The molecule has 2 aliphatic rings. The third-order valence-electron chi connectivity index (χ3n) is 5.79. The van der Waals surface area contributed by atoms with E-state index in [4.69, 9.17) is 0 Å². The standard InChI is InChI=1S/C23H26N4O3/c1-16-15-18(7-8-20(16)27-14-11-24-23(27)30)22(29)26-12-9-17(10-13-26)21(28)25-19-5-3-2-4-6-19/h2-8,15,17H,9-14H2,1H3,(H,24,30)(H,25,28). The zero-order chi connectivity index (χ0) is 21.1. The predicted molar refractivity (Wildman–Crippen MR) is 116 cm³/mol. The molecule has 2 N–H and O–H groups in total. The van der Waals surface area contributed by atoms with Crippen molar-refractivity contribution in [2.75, 3.05) is 36.4 Å². The number of piperidine rings is 1. The molecule has 0 atom stereocenters. The Bertz CT molecular complexity index is 952. The molecule has 156 valence electrons. The highest BCUT2D eigenvalue weighted by Gasteiger charge is 2.29. The van der Waals surface area contributed by atoms with Crippen LogP contribution in [0.2, 0.25) is 0 Å². The summed E-state index contributed by atoms with van der Waals surface area (Å²) in [6, 6.07) is 14.8. The second-order valence-electron chi connectivity index (χ2n) is 7.81. The van der Waals surface area contributed by atoms with E-state index in [0.29, 0.717) is 44.6 Å². The number of hydrogen-bond acceptors (Lipinski definition) is 3. The van der Waals surface area contributed by atoms with Crippen molar-refractivity contribution >= 4 is 29.2 Å². The van der Waals surface area contributed by atoms with Gasteiger partial charge >= 0.3 is 6.03 Å². The van der Waals surface area contributed by atoms with Gasteiger partial charge in [0.1, 0.15) is 0 Å². The lowest BCUT2D eigenvalue weighted by molar-refractivity contribution is -0.121. The van der Waals surface area contributed by atoms with Gasteiger partial charge in [0.15, 0.2) is 0 Å². The minimum atomic E-state index is -0.104. The number of urea groups is 1. The lowest BCUT2D eigenvalue weighted by Gasteiger charge is -2.31. The maximum Gasteiger partial charge on any atom is 0.322 e. The first-order chi connectivity index (χ1) is 14.5. The van der Waals surface area contributed by atoms with E-state index in [9.17, 15) is 14.4 Å². The summed E-state index contributed by atoms with van der Waals surface area (Å²) < 4.78 is 0. The minimum absolute atomic E-state index is 0.0115. The SMILES string of the molecule is Cc1cc(C(=O)N2CCC(C(=O)Nc3ccccc3)CC2)ccc1N1CCNC1=O. The number of benzene rings is 2. The van der Waals surface area contributed by atoms with Crippen molar-refractivity contribution in [2.45, 2.75) is 19.8 Å². The zero-order valence-corrected chi connectivity index (χ0v) is 17.1. The van der Waals surface area contributed by atoms with Gasteiger partial charge in [-0.1, -0.05) is 18.2 Å². The van der Waals surface area contributed by atoms with Crippen molar-refractivity contribution in [3.05, 3.63) is 59.7 Å². The Kier molecular flexibility index (Phi) is 5.70. The van der Waals surface area contributed by atoms with Crippen LogP contribution in [0.4, 0.5) is 16.2 Å². The van der Waals surface area contributed by atoms with Gasteiger partial charge in [-0.15, -0.1) is 0 Å². The predicted octanol–water partition coefficient (Wildman–Crippen LogP) is 3.02. The molecule has 2 saturated heterocycles. The van der Waals surface area contributed by atoms with E-state index in [-0.39, 0.29) is 23.8 Å². The molecule has 4 amide bonds. The molecule has 7 heteroatoms. The Hall–Kier alpha value is -3.35. The molecule has 0 aliphatic carbocycles. The number of hydrogen-bond donors (Lipinski definition) is 2. The molecule has 0 bridgehead atoms. The van der Waals surface area contributed by atoms with E-state index >= 15 is 0 Å². The molecule has 0 spiro atoms. The Morgan fingerprint density at radius 3 is 2.40 bits per heavy atom. The molecule has 7 nitrogen and oxygen atoms in total. The van der Waals surface area contributed by atoms with Gasteiger partial charge in [-0.3, -0.25) is 14.5 Å². The van der Waals surface area contributed by atoms with E-state index in [1.54, 1.807) is 11.0 Å². The normalized spacial score (nSPS) is 17.0. The maximum absolute atomic E-state index is 12.9. The van der Waals surface area contributed by atoms with Gasteiger partial charge in [-0.25, -0.2) is 4.79 Å². The molecule has 2 aromatic rings.